The summed E-state index contributed by atoms with van der Waals surface area (Å²) < 4.78 is 16.1. The first kappa shape index (κ1) is 20.6. The van der Waals surface area contributed by atoms with Crippen LogP contribution in [-0.4, -0.2) is 11.9 Å². The topological polar surface area (TPSA) is 65.7 Å². The van der Waals surface area contributed by atoms with Gasteiger partial charge in [0.1, 0.15) is 23.0 Å². The van der Waals surface area contributed by atoms with Gasteiger partial charge in [-0.3, -0.25) is 0 Å². The smallest absolute Gasteiger partial charge is 0.338 e. The van der Waals surface area contributed by atoms with Crippen molar-refractivity contribution in [3.05, 3.63) is 96.8 Å². The fourth-order valence-corrected chi connectivity index (χ4v) is 2.46. The zero-order valence-electron chi connectivity index (χ0n) is 16.5. The molecule has 30 heavy (non-hydrogen) atoms. The molecule has 0 N–H and O–H groups in total. The molecule has 0 bridgehead atoms. The maximum absolute atomic E-state index is 11.5. The molecule has 0 fully saturated rings. The lowest BCUT2D eigenvalue weighted by molar-refractivity contribution is -0.130. The quantitative estimate of drug-likeness (QED) is 0.290. The Morgan fingerprint density at radius 3 is 2.13 bits per heavy atom. The fraction of sp³-hybridized carbons (Fsp3) is 0.0400. The minimum atomic E-state index is -0.504. The summed E-state index contributed by atoms with van der Waals surface area (Å²) in [5, 5.41) is 0. The molecule has 0 spiro atoms. The largest absolute Gasteiger partial charge is 0.457 e. The number of esters is 2. The van der Waals surface area contributed by atoms with Crippen LogP contribution >= 0.6 is 0 Å². The summed E-state index contributed by atoms with van der Waals surface area (Å²) in [6.07, 6.45) is 4.85. The number of hydrogen-bond donors (Lipinski definition) is 0. The van der Waals surface area contributed by atoms with Gasteiger partial charge in [0.2, 0.25) is 0 Å². The maximum Gasteiger partial charge on any atom is 0.338 e. The van der Waals surface area contributed by atoms with Gasteiger partial charge in [-0.05, 0) is 67.1 Å². The molecule has 0 atom stereocenters. The molecule has 2 aromatic carbocycles. The molecule has 1 heterocycles. The average molecular weight is 400 g/mol. The molecule has 1 aromatic heterocycles. The Hall–Kier alpha value is -4.12. The van der Waals surface area contributed by atoms with E-state index in [0.29, 0.717) is 28.6 Å². The Labute approximate surface area is 174 Å². The van der Waals surface area contributed by atoms with Gasteiger partial charge in [0.05, 0.1) is 0 Å². The van der Waals surface area contributed by atoms with E-state index < -0.39 is 11.9 Å². The van der Waals surface area contributed by atoms with Crippen LogP contribution in [0.2, 0.25) is 0 Å². The molecule has 0 unspecified atom stereocenters. The summed E-state index contributed by atoms with van der Waals surface area (Å²) in [5.41, 5.74) is 2.13. The van der Waals surface area contributed by atoms with Gasteiger partial charge in [0.15, 0.2) is 0 Å². The summed E-state index contributed by atoms with van der Waals surface area (Å²) in [6.45, 7) is 8.52. The van der Waals surface area contributed by atoms with Gasteiger partial charge < -0.3 is 13.9 Å². The number of rotatable bonds is 7. The molecular weight excluding hydrogens is 380 g/mol. The second kappa shape index (κ2) is 9.39. The highest BCUT2D eigenvalue weighted by atomic mass is 16.5. The van der Waals surface area contributed by atoms with E-state index in [4.69, 9.17) is 13.9 Å². The predicted octanol–water partition coefficient (Wildman–Crippen LogP) is 5.69. The number of benzene rings is 2. The molecule has 3 aromatic rings. The molecule has 0 aliphatic carbocycles. The van der Waals surface area contributed by atoms with Crippen molar-refractivity contribution >= 4 is 24.1 Å². The molecule has 0 aliphatic rings. The van der Waals surface area contributed by atoms with Crippen LogP contribution < -0.4 is 9.47 Å². The summed E-state index contributed by atoms with van der Waals surface area (Å²) in [6, 6.07) is 17.8. The first-order chi connectivity index (χ1) is 14.4. The number of carbonyl (C=O) groups is 2. The molecule has 0 aliphatic heterocycles. The lowest BCUT2D eigenvalue weighted by atomic mass is 10.2. The Kier molecular flexibility index (Phi) is 6.45. The molecule has 0 amide bonds. The molecule has 0 saturated carbocycles. The highest BCUT2D eigenvalue weighted by Gasteiger charge is 2.06. The molecule has 0 saturated heterocycles. The third-order valence-electron chi connectivity index (χ3n) is 4.03. The van der Waals surface area contributed by atoms with Crippen molar-refractivity contribution < 1.29 is 23.5 Å². The standard InChI is InChI=1S/C25H20O5/c1-4-24(26)29-21-13-8-19(9-14-21)23-16-15-20(28-23)10-5-18-6-11-22(12-7-18)30-25(27)17(2)3/h4-16H,1-2H2,3H3/b10-5+. The monoisotopic (exact) mass is 400 g/mol. The summed E-state index contributed by atoms with van der Waals surface area (Å²) in [4.78, 5) is 22.8. The fourth-order valence-electron chi connectivity index (χ4n) is 2.46. The Balaban J connectivity index is 1.64. The van der Waals surface area contributed by atoms with E-state index in [-0.39, 0.29) is 0 Å². The van der Waals surface area contributed by atoms with Gasteiger partial charge in [0, 0.05) is 17.2 Å². The zero-order chi connectivity index (χ0) is 21.5. The van der Waals surface area contributed by atoms with Gasteiger partial charge >= 0.3 is 11.9 Å². The van der Waals surface area contributed by atoms with Gasteiger partial charge in [0.25, 0.3) is 0 Å². The van der Waals surface area contributed by atoms with Gasteiger partial charge in [-0.15, -0.1) is 0 Å². The van der Waals surface area contributed by atoms with E-state index in [9.17, 15) is 9.59 Å². The molecule has 0 radical (unpaired) electrons. The third kappa shape index (κ3) is 5.45. The number of ether oxygens (including phenoxy) is 2. The van der Waals surface area contributed by atoms with E-state index in [1.54, 1.807) is 31.2 Å². The van der Waals surface area contributed by atoms with Gasteiger partial charge in [-0.2, -0.15) is 0 Å². The summed E-state index contributed by atoms with van der Waals surface area (Å²) in [7, 11) is 0. The van der Waals surface area contributed by atoms with E-state index in [0.717, 1.165) is 17.2 Å². The Morgan fingerprint density at radius 1 is 0.867 bits per heavy atom. The first-order valence-electron chi connectivity index (χ1n) is 9.15. The Morgan fingerprint density at radius 2 is 1.50 bits per heavy atom. The van der Waals surface area contributed by atoms with Crippen LogP contribution in [-0.2, 0) is 9.59 Å². The van der Waals surface area contributed by atoms with Crippen molar-refractivity contribution in [2.75, 3.05) is 0 Å². The van der Waals surface area contributed by atoms with Crippen LogP contribution in [0.4, 0.5) is 0 Å². The number of furan rings is 1. The van der Waals surface area contributed by atoms with Crippen molar-refractivity contribution in [2.45, 2.75) is 6.92 Å². The van der Waals surface area contributed by atoms with Crippen molar-refractivity contribution in [1.82, 2.24) is 0 Å². The van der Waals surface area contributed by atoms with E-state index in [1.165, 1.54) is 0 Å². The van der Waals surface area contributed by atoms with Crippen LogP contribution in [0.1, 0.15) is 18.2 Å². The van der Waals surface area contributed by atoms with Crippen LogP contribution in [0.3, 0.4) is 0 Å². The van der Waals surface area contributed by atoms with Crippen LogP contribution in [0, 0.1) is 0 Å². The number of carbonyl (C=O) groups excluding carboxylic acids is 2. The van der Waals surface area contributed by atoms with E-state index in [2.05, 4.69) is 13.2 Å². The highest BCUT2D eigenvalue weighted by molar-refractivity contribution is 5.88. The van der Waals surface area contributed by atoms with E-state index >= 15 is 0 Å². The predicted molar refractivity (Wildman–Crippen MR) is 116 cm³/mol. The lowest BCUT2D eigenvalue weighted by Gasteiger charge is -2.03. The highest BCUT2D eigenvalue weighted by Crippen LogP contribution is 2.25. The molecule has 5 heteroatoms. The minimum Gasteiger partial charge on any atom is -0.457 e. The van der Waals surface area contributed by atoms with Gasteiger partial charge in [-0.1, -0.05) is 31.4 Å². The second-order valence-corrected chi connectivity index (χ2v) is 6.42. The SMILES string of the molecule is C=CC(=O)Oc1ccc(-c2ccc(/C=C/c3ccc(OC(=O)C(=C)C)cc3)o2)cc1. The molecule has 150 valence electrons. The van der Waals surface area contributed by atoms with Crippen molar-refractivity contribution in [3.63, 3.8) is 0 Å². The van der Waals surface area contributed by atoms with Crippen molar-refractivity contribution in [2.24, 2.45) is 0 Å². The Bertz CT molecular complexity index is 1100. The lowest BCUT2D eigenvalue weighted by Crippen LogP contribution is -2.07. The van der Waals surface area contributed by atoms with Gasteiger partial charge in [-0.25, -0.2) is 9.59 Å². The molecule has 3 rings (SSSR count). The molecule has 5 nitrogen and oxygen atoms in total. The van der Waals surface area contributed by atoms with Crippen LogP contribution in [0.15, 0.2) is 89.9 Å². The normalized spacial score (nSPS) is 10.6. The maximum atomic E-state index is 11.5. The second-order valence-electron chi connectivity index (χ2n) is 6.42. The number of hydrogen-bond acceptors (Lipinski definition) is 5. The van der Waals surface area contributed by atoms with Crippen LogP contribution in [0.5, 0.6) is 11.5 Å². The zero-order valence-corrected chi connectivity index (χ0v) is 16.5. The van der Waals surface area contributed by atoms with E-state index in [1.807, 2.05) is 48.6 Å². The summed E-state index contributed by atoms with van der Waals surface area (Å²) >= 11 is 0. The summed E-state index contributed by atoms with van der Waals surface area (Å²) in [5.74, 6) is 1.32. The average Bonchev–Trinajstić information content (AvgIpc) is 3.22. The third-order valence-corrected chi connectivity index (χ3v) is 4.03. The first-order valence-corrected chi connectivity index (χ1v) is 9.15. The molecular formula is C25H20O5. The van der Waals surface area contributed by atoms with Crippen molar-refractivity contribution in [1.29, 1.82) is 0 Å². The minimum absolute atomic E-state index is 0.347. The van der Waals surface area contributed by atoms with Crippen molar-refractivity contribution in [3.8, 4) is 22.8 Å². The van der Waals surface area contributed by atoms with Crippen LogP contribution in [0.25, 0.3) is 23.5 Å².